The molecule has 3 aromatic carbocycles. The SMILES string of the molecule is CCN(c1ccccc1)S(=O)(=O)c1ccc(Cl)c(C(=O)Nc2ccc(OC(F)F)cc2)c1. The van der Waals surface area contributed by atoms with Crippen molar-refractivity contribution in [2.45, 2.75) is 18.4 Å². The van der Waals surface area contributed by atoms with Crippen molar-refractivity contribution in [2.24, 2.45) is 0 Å². The summed E-state index contributed by atoms with van der Waals surface area (Å²) in [7, 11) is -3.96. The zero-order valence-corrected chi connectivity index (χ0v) is 18.4. The third-order valence-electron chi connectivity index (χ3n) is 4.44. The molecule has 0 aliphatic rings. The van der Waals surface area contributed by atoms with Crippen LogP contribution in [0, 0.1) is 0 Å². The molecule has 0 unspecified atom stereocenters. The van der Waals surface area contributed by atoms with E-state index in [9.17, 15) is 22.0 Å². The maximum atomic E-state index is 13.2. The van der Waals surface area contributed by atoms with Gasteiger partial charge in [-0.05, 0) is 61.5 Å². The number of nitrogens with zero attached hydrogens (tertiary/aromatic N) is 1. The molecule has 0 aliphatic heterocycles. The zero-order valence-electron chi connectivity index (χ0n) is 16.8. The molecule has 0 heterocycles. The van der Waals surface area contributed by atoms with E-state index in [1.807, 2.05) is 0 Å². The van der Waals surface area contributed by atoms with E-state index >= 15 is 0 Å². The highest BCUT2D eigenvalue weighted by Crippen LogP contribution is 2.27. The standard InChI is InChI=1S/C22H19ClF2N2O4S/c1-2-27(16-6-4-3-5-7-16)32(29,30)18-12-13-20(23)19(14-18)21(28)26-15-8-10-17(11-9-15)31-22(24)25/h3-14,22H,2H2,1H3,(H,26,28). The molecule has 1 N–H and O–H groups in total. The van der Waals surface area contributed by atoms with Crippen molar-refractivity contribution in [3.05, 3.63) is 83.4 Å². The summed E-state index contributed by atoms with van der Waals surface area (Å²) in [6.07, 6.45) is 0. The van der Waals surface area contributed by atoms with E-state index in [1.165, 1.54) is 46.8 Å². The van der Waals surface area contributed by atoms with Crippen molar-refractivity contribution in [1.29, 1.82) is 0 Å². The van der Waals surface area contributed by atoms with Gasteiger partial charge >= 0.3 is 6.61 Å². The van der Waals surface area contributed by atoms with Gasteiger partial charge in [0.1, 0.15) is 5.75 Å². The van der Waals surface area contributed by atoms with Gasteiger partial charge in [0.05, 0.1) is 21.2 Å². The molecule has 0 fully saturated rings. The third-order valence-corrected chi connectivity index (χ3v) is 6.67. The largest absolute Gasteiger partial charge is 0.435 e. The molecule has 0 bridgehead atoms. The van der Waals surface area contributed by atoms with Crippen molar-refractivity contribution in [3.63, 3.8) is 0 Å². The maximum Gasteiger partial charge on any atom is 0.387 e. The van der Waals surface area contributed by atoms with Gasteiger partial charge in [0.2, 0.25) is 0 Å². The summed E-state index contributed by atoms with van der Waals surface area (Å²) < 4.78 is 56.4. The predicted molar refractivity (Wildman–Crippen MR) is 119 cm³/mol. The molecule has 0 atom stereocenters. The molecule has 0 saturated heterocycles. The molecule has 32 heavy (non-hydrogen) atoms. The molecule has 1 amide bonds. The van der Waals surface area contributed by atoms with Crippen LogP contribution in [0.15, 0.2) is 77.7 Å². The summed E-state index contributed by atoms with van der Waals surface area (Å²) in [6.45, 7) is -1.07. The van der Waals surface area contributed by atoms with Crippen LogP contribution in [-0.2, 0) is 10.0 Å². The van der Waals surface area contributed by atoms with Crippen LogP contribution in [0.3, 0.4) is 0 Å². The highest BCUT2D eigenvalue weighted by atomic mass is 35.5. The number of carbonyl (C=O) groups is 1. The fourth-order valence-corrected chi connectivity index (χ4v) is 4.67. The number of para-hydroxylation sites is 1. The van der Waals surface area contributed by atoms with Gasteiger partial charge in [0.25, 0.3) is 15.9 Å². The average Bonchev–Trinajstić information content (AvgIpc) is 2.76. The van der Waals surface area contributed by atoms with Gasteiger partial charge in [0.15, 0.2) is 0 Å². The Bertz CT molecular complexity index is 1190. The summed E-state index contributed by atoms with van der Waals surface area (Å²) >= 11 is 6.15. The van der Waals surface area contributed by atoms with Gasteiger partial charge < -0.3 is 10.1 Å². The summed E-state index contributed by atoms with van der Waals surface area (Å²) in [5.74, 6) is -0.720. The number of sulfonamides is 1. The molecule has 0 spiro atoms. The molecule has 168 valence electrons. The van der Waals surface area contributed by atoms with Crippen molar-refractivity contribution in [1.82, 2.24) is 0 Å². The van der Waals surface area contributed by atoms with E-state index in [2.05, 4.69) is 10.1 Å². The number of carbonyl (C=O) groups excluding carboxylic acids is 1. The van der Waals surface area contributed by atoms with Crippen molar-refractivity contribution in [2.75, 3.05) is 16.2 Å². The first-order valence-corrected chi connectivity index (χ1v) is 11.3. The molecule has 3 rings (SSSR count). The Morgan fingerprint density at radius 2 is 1.72 bits per heavy atom. The van der Waals surface area contributed by atoms with Gasteiger partial charge in [-0.1, -0.05) is 29.8 Å². The van der Waals surface area contributed by atoms with Gasteiger partial charge in [-0.3, -0.25) is 9.10 Å². The first-order valence-electron chi connectivity index (χ1n) is 9.46. The number of halogens is 3. The van der Waals surface area contributed by atoms with Crippen LogP contribution >= 0.6 is 11.6 Å². The minimum atomic E-state index is -3.96. The van der Waals surface area contributed by atoms with Crippen LogP contribution in [-0.4, -0.2) is 27.5 Å². The van der Waals surface area contributed by atoms with E-state index in [1.54, 1.807) is 37.3 Å². The average molecular weight is 481 g/mol. The number of nitrogens with one attached hydrogen (secondary N) is 1. The van der Waals surface area contributed by atoms with Crippen LogP contribution < -0.4 is 14.4 Å². The van der Waals surface area contributed by atoms with E-state index in [4.69, 9.17) is 11.6 Å². The second kappa shape index (κ2) is 9.97. The Hall–Kier alpha value is -3.17. The van der Waals surface area contributed by atoms with Crippen LogP contribution in [0.2, 0.25) is 5.02 Å². The molecule has 0 radical (unpaired) electrons. The number of rotatable bonds is 8. The first-order chi connectivity index (χ1) is 15.2. The van der Waals surface area contributed by atoms with Crippen LogP contribution in [0.25, 0.3) is 0 Å². The van der Waals surface area contributed by atoms with E-state index in [0.29, 0.717) is 11.4 Å². The molecule has 3 aromatic rings. The summed E-state index contributed by atoms with van der Waals surface area (Å²) in [5.41, 5.74) is 0.729. The van der Waals surface area contributed by atoms with Crippen molar-refractivity contribution >= 4 is 38.9 Å². The highest BCUT2D eigenvalue weighted by Gasteiger charge is 2.25. The molecule has 0 aliphatic carbocycles. The lowest BCUT2D eigenvalue weighted by Crippen LogP contribution is -2.31. The Balaban J connectivity index is 1.87. The molecule has 6 nitrogen and oxygen atoms in total. The number of hydrogen-bond acceptors (Lipinski definition) is 4. The first kappa shape index (κ1) is 23.5. The lowest BCUT2D eigenvalue weighted by atomic mass is 10.2. The molecule has 10 heteroatoms. The lowest BCUT2D eigenvalue weighted by molar-refractivity contribution is -0.0498. The minimum absolute atomic E-state index is 0.0511. The number of alkyl halides is 2. The monoisotopic (exact) mass is 480 g/mol. The summed E-state index contributed by atoms with van der Waals surface area (Å²) in [5, 5.41) is 2.62. The van der Waals surface area contributed by atoms with Crippen LogP contribution in [0.5, 0.6) is 5.75 Å². The van der Waals surface area contributed by atoms with Crippen molar-refractivity contribution < 1.29 is 26.7 Å². The minimum Gasteiger partial charge on any atom is -0.435 e. The Labute approximate surface area is 189 Å². The van der Waals surface area contributed by atoms with Gasteiger partial charge in [-0.2, -0.15) is 8.78 Å². The number of benzene rings is 3. The van der Waals surface area contributed by atoms with Crippen molar-refractivity contribution in [3.8, 4) is 5.75 Å². The summed E-state index contributed by atoms with van der Waals surface area (Å²) in [6, 6.07) is 17.7. The summed E-state index contributed by atoms with van der Waals surface area (Å²) in [4.78, 5) is 12.6. The molecular formula is C22H19ClF2N2O4S. The number of amides is 1. The van der Waals surface area contributed by atoms with E-state index in [0.717, 1.165) is 0 Å². The Morgan fingerprint density at radius 1 is 1.06 bits per heavy atom. The smallest absolute Gasteiger partial charge is 0.387 e. The number of hydrogen-bond donors (Lipinski definition) is 1. The third kappa shape index (κ3) is 5.35. The second-order valence-electron chi connectivity index (χ2n) is 6.50. The Morgan fingerprint density at radius 3 is 2.31 bits per heavy atom. The topological polar surface area (TPSA) is 75.7 Å². The van der Waals surface area contributed by atoms with Gasteiger partial charge in [0, 0.05) is 12.2 Å². The fraction of sp³-hybridized carbons (Fsp3) is 0.136. The second-order valence-corrected chi connectivity index (χ2v) is 8.77. The van der Waals surface area contributed by atoms with Crippen LogP contribution in [0.1, 0.15) is 17.3 Å². The van der Waals surface area contributed by atoms with Gasteiger partial charge in [-0.15, -0.1) is 0 Å². The zero-order chi connectivity index (χ0) is 23.3. The quantitative estimate of drug-likeness (QED) is 0.468. The molecule has 0 aromatic heterocycles. The highest BCUT2D eigenvalue weighted by molar-refractivity contribution is 7.92. The van der Waals surface area contributed by atoms with Crippen LogP contribution in [0.4, 0.5) is 20.2 Å². The Kier molecular flexibility index (Phi) is 7.32. The number of ether oxygens (including phenoxy) is 1. The maximum absolute atomic E-state index is 13.2. The fourth-order valence-electron chi connectivity index (χ4n) is 2.97. The lowest BCUT2D eigenvalue weighted by Gasteiger charge is -2.23. The van der Waals surface area contributed by atoms with E-state index < -0.39 is 22.5 Å². The molecule has 0 saturated carbocycles. The van der Waals surface area contributed by atoms with E-state index in [-0.39, 0.29) is 27.8 Å². The van der Waals surface area contributed by atoms with Gasteiger partial charge in [-0.25, -0.2) is 8.42 Å². The normalized spacial score (nSPS) is 11.3. The molecular weight excluding hydrogens is 462 g/mol. The number of anilines is 2. The predicted octanol–water partition coefficient (Wildman–Crippen LogP) is 5.41.